The van der Waals surface area contributed by atoms with Crippen molar-refractivity contribution >= 4 is 21.6 Å². The van der Waals surface area contributed by atoms with E-state index in [0.29, 0.717) is 5.75 Å². The van der Waals surface area contributed by atoms with Crippen LogP contribution in [-0.2, 0) is 26.4 Å². The quantitative estimate of drug-likeness (QED) is 0.478. The summed E-state index contributed by atoms with van der Waals surface area (Å²) in [5.41, 5.74) is 0.483. The number of rotatable bonds is 10. The van der Waals surface area contributed by atoms with Gasteiger partial charge >= 0.3 is 6.18 Å². The van der Waals surface area contributed by atoms with E-state index in [1.807, 2.05) is 24.3 Å². The zero-order valence-corrected chi connectivity index (χ0v) is 20.6. The highest BCUT2D eigenvalue weighted by atomic mass is 32.2. The fourth-order valence-electron chi connectivity index (χ4n) is 3.19. The summed E-state index contributed by atoms with van der Waals surface area (Å²) in [6.07, 6.45) is -3.27. The molecule has 10 heteroatoms. The predicted octanol–water partition coefficient (Wildman–Crippen LogP) is 4.74. The van der Waals surface area contributed by atoms with Crippen LogP contribution in [0.5, 0.6) is 5.75 Å². The smallest absolute Gasteiger partial charge is 0.416 e. The Bertz CT molecular complexity index is 1050. The third-order valence-electron chi connectivity index (χ3n) is 5.06. The van der Waals surface area contributed by atoms with Crippen molar-refractivity contribution in [1.82, 2.24) is 5.32 Å². The van der Waals surface area contributed by atoms with Crippen molar-refractivity contribution in [2.75, 3.05) is 30.3 Å². The van der Waals surface area contributed by atoms with E-state index in [4.69, 9.17) is 4.74 Å². The van der Waals surface area contributed by atoms with Crippen molar-refractivity contribution in [1.29, 1.82) is 0 Å². The summed E-state index contributed by atoms with van der Waals surface area (Å²) >= 11 is 0. The van der Waals surface area contributed by atoms with Crippen molar-refractivity contribution in [2.45, 2.75) is 45.2 Å². The number of amides is 1. The molecule has 0 saturated heterocycles. The maximum Gasteiger partial charge on any atom is 0.416 e. The molecule has 0 fully saturated rings. The molecule has 0 heterocycles. The van der Waals surface area contributed by atoms with Crippen molar-refractivity contribution in [3.05, 3.63) is 59.7 Å². The summed E-state index contributed by atoms with van der Waals surface area (Å²) in [5, 5.41) is 2.71. The monoisotopic (exact) mass is 500 g/mol. The Kier molecular flexibility index (Phi) is 8.99. The summed E-state index contributed by atoms with van der Waals surface area (Å²) in [6, 6.07) is 11.6. The number of halogens is 3. The number of hydrogen-bond acceptors (Lipinski definition) is 4. The fraction of sp³-hybridized carbons (Fsp3) is 0.458. The van der Waals surface area contributed by atoms with Crippen LogP contribution < -0.4 is 14.4 Å². The Morgan fingerprint density at radius 2 is 1.53 bits per heavy atom. The molecule has 0 aliphatic carbocycles. The first kappa shape index (κ1) is 27.5. The van der Waals surface area contributed by atoms with Gasteiger partial charge in [-0.2, -0.15) is 13.2 Å². The number of anilines is 1. The predicted molar refractivity (Wildman–Crippen MR) is 127 cm³/mol. The molecule has 0 spiro atoms. The Labute approximate surface area is 199 Å². The van der Waals surface area contributed by atoms with E-state index in [-0.39, 0.29) is 49.5 Å². The molecule has 2 aromatic carbocycles. The van der Waals surface area contributed by atoms with Crippen LogP contribution in [0.25, 0.3) is 0 Å². The van der Waals surface area contributed by atoms with E-state index in [1.54, 1.807) is 0 Å². The number of carbonyl (C=O) groups excluding carboxylic acids is 1. The van der Waals surface area contributed by atoms with Gasteiger partial charge in [-0.05, 0) is 53.8 Å². The fourth-order valence-corrected chi connectivity index (χ4v) is 4.15. The number of hydrogen-bond donors (Lipinski definition) is 1. The number of alkyl halides is 3. The van der Waals surface area contributed by atoms with Gasteiger partial charge in [-0.15, -0.1) is 0 Å². The molecule has 0 atom stereocenters. The van der Waals surface area contributed by atoms with Crippen LogP contribution in [0, 0.1) is 0 Å². The molecule has 0 aromatic heterocycles. The minimum atomic E-state index is -4.51. The lowest BCUT2D eigenvalue weighted by atomic mass is 9.87. The summed E-state index contributed by atoms with van der Waals surface area (Å²) in [7, 11) is -3.73. The van der Waals surface area contributed by atoms with Gasteiger partial charge in [0.1, 0.15) is 12.4 Å². The van der Waals surface area contributed by atoms with Gasteiger partial charge in [0.15, 0.2) is 0 Å². The zero-order valence-electron chi connectivity index (χ0n) is 19.8. The van der Waals surface area contributed by atoms with Crippen molar-refractivity contribution < 1.29 is 31.1 Å². The lowest BCUT2D eigenvalue weighted by Gasteiger charge is -2.22. The molecule has 2 aromatic rings. The van der Waals surface area contributed by atoms with Crippen LogP contribution in [0.1, 0.15) is 44.7 Å². The topological polar surface area (TPSA) is 75.7 Å². The number of sulfonamides is 1. The molecular weight excluding hydrogens is 469 g/mol. The number of benzene rings is 2. The lowest BCUT2D eigenvalue weighted by Crippen LogP contribution is -2.33. The Morgan fingerprint density at radius 1 is 0.971 bits per heavy atom. The normalized spacial score (nSPS) is 12.3. The van der Waals surface area contributed by atoms with Crippen LogP contribution in [0.3, 0.4) is 0 Å². The van der Waals surface area contributed by atoms with Gasteiger partial charge in [-0.3, -0.25) is 9.10 Å². The van der Waals surface area contributed by atoms with E-state index in [0.717, 1.165) is 34.8 Å². The van der Waals surface area contributed by atoms with Gasteiger partial charge in [0, 0.05) is 13.0 Å². The van der Waals surface area contributed by atoms with Gasteiger partial charge in [-0.25, -0.2) is 8.42 Å². The molecule has 6 nitrogen and oxygen atoms in total. The van der Waals surface area contributed by atoms with Crippen molar-refractivity contribution in [2.24, 2.45) is 0 Å². The van der Waals surface area contributed by atoms with Crippen molar-refractivity contribution in [3.63, 3.8) is 0 Å². The largest absolute Gasteiger partial charge is 0.492 e. The van der Waals surface area contributed by atoms with E-state index in [9.17, 15) is 26.4 Å². The van der Waals surface area contributed by atoms with Gasteiger partial charge < -0.3 is 10.1 Å². The molecule has 0 saturated carbocycles. The van der Waals surface area contributed by atoms with Crippen LogP contribution in [0.15, 0.2) is 48.5 Å². The molecule has 188 valence electrons. The van der Waals surface area contributed by atoms with Crippen LogP contribution >= 0.6 is 0 Å². The van der Waals surface area contributed by atoms with Crippen LogP contribution in [0.4, 0.5) is 18.9 Å². The summed E-state index contributed by atoms with van der Waals surface area (Å²) in [4.78, 5) is 12.1. The second-order valence-corrected chi connectivity index (χ2v) is 10.9. The lowest BCUT2D eigenvalue weighted by molar-refractivity contribution is -0.137. The number of carbonyl (C=O) groups is 1. The molecule has 34 heavy (non-hydrogen) atoms. The minimum Gasteiger partial charge on any atom is -0.492 e. The van der Waals surface area contributed by atoms with Gasteiger partial charge in [0.25, 0.3) is 0 Å². The standard InChI is InChI=1S/C24H31F3N2O4S/c1-23(2,3)18-9-13-21(14-10-18)33-17-15-28-22(30)6-5-16-29(34(4,31)32)20-11-7-19(8-12-20)24(25,26)27/h7-14H,5-6,15-17H2,1-4H3,(H,28,30). The number of nitrogens with one attached hydrogen (secondary N) is 1. The summed E-state index contributed by atoms with van der Waals surface area (Å²) in [6.45, 7) is 6.90. The molecule has 2 rings (SSSR count). The molecule has 1 N–H and O–H groups in total. The average Bonchev–Trinajstić information content (AvgIpc) is 2.72. The highest BCUT2D eigenvalue weighted by Crippen LogP contribution is 2.31. The van der Waals surface area contributed by atoms with E-state index in [1.165, 1.54) is 5.56 Å². The highest BCUT2D eigenvalue weighted by Gasteiger charge is 2.30. The second kappa shape index (κ2) is 11.1. The van der Waals surface area contributed by atoms with E-state index >= 15 is 0 Å². The number of ether oxygens (including phenoxy) is 1. The van der Waals surface area contributed by atoms with E-state index < -0.39 is 21.8 Å². The Balaban J connectivity index is 1.78. The molecule has 0 radical (unpaired) electrons. The minimum absolute atomic E-state index is 0.0335. The SMILES string of the molecule is CC(C)(C)c1ccc(OCCNC(=O)CCCN(c2ccc(C(F)(F)F)cc2)S(C)(=O)=O)cc1. The molecule has 0 aliphatic heterocycles. The highest BCUT2D eigenvalue weighted by molar-refractivity contribution is 7.92. The Morgan fingerprint density at radius 3 is 2.03 bits per heavy atom. The summed E-state index contributed by atoms with van der Waals surface area (Å²) < 4.78 is 69.0. The summed E-state index contributed by atoms with van der Waals surface area (Å²) in [5.74, 6) is 0.426. The van der Waals surface area contributed by atoms with Gasteiger partial charge in [0.05, 0.1) is 24.1 Å². The molecule has 1 amide bonds. The third kappa shape index (κ3) is 8.55. The molecular formula is C24H31F3N2O4S. The van der Waals surface area contributed by atoms with Crippen LogP contribution in [0.2, 0.25) is 0 Å². The van der Waals surface area contributed by atoms with E-state index in [2.05, 4.69) is 26.1 Å². The third-order valence-corrected chi connectivity index (χ3v) is 6.26. The van der Waals surface area contributed by atoms with Gasteiger partial charge in [-0.1, -0.05) is 32.9 Å². The zero-order chi connectivity index (χ0) is 25.6. The Hall–Kier alpha value is -2.75. The second-order valence-electron chi connectivity index (χ2n) is 8.96. The average molecular weight is 501 g/mol. The van der Waals surface area contributed by atoms with Crippen molar-refractivity contribution in [3.8, 4) is 5.75 Å². The first-order chi connectivity index (χ1) is 15.7. The first-order valence-electron chi connectivity index (χ1n) is 10.8. The maximum absolute atomic E-state index is 12.7. The molecule has 0 bridgehead atoms. The number of nitrogens with zero attached hydrogens (tertiary/aromatic N) is 1. The molecule has 0 unspecified atom stereocenters. The maximum atomic E-state index is 12.7. The van der Waals surface area contributed by atoms with Crippen LogP contribution in [-0.4, -0.2) is 40.3 Å². The first-order valence-corrected chi connectivity index (χ1v) is 12.7. The molecule has 0 aliphatic rings. The van der Waals surface area contributed by atoms with Gasteiger partial charge in [0.2, 0.25) is 15.9 Å².